The number of imidazole rings is 1. The SMILES string of the molecule is CC(C)(COP(=O)(O)OP(=O)(O)OC[C@H]1O[C@@H](n2cnc3c(N)ncnc32)[C@H](O)[C@@H]1OP(=O)(O)O)[C@H](O)C(=O)NCCC(=O)NCCS[14C]([14CH3])=O. The molecule has 1 fully saturated rings. The predicted octanol–water partition coefficient (Wildman–Crippen LogP) is -1.32. The summed E-state index contributed by atoms with van der Waals surface area (Å²) in [6.45, 7) is 1.90. The molecule has 3 heterocycles. The Morgan fingerprint density at radius 3 is 2.45 bits per heavy atom. The molecule has 24 nitrogen and oxygen atoms in total. The molecule has 2 unspecified atom stereocenters. The maximum Gasteiger partial charge on any atom is 0.481 e. The first-order valence-electron chi connectivity index (χ1n) is 14.5. The summed E-state index contributed by atoms with van der Waals surface area (Å²) in [5.74, 6) is -1.08. The van der Waals surface area contributed by atoms with Crippen LogP contribution in [0.4, 0.5) is 5.82 Å². The van der Waals surface area contributed by atoms with Crippen LogP contribution in [-0.2, 0) is 50.7 Å². The van der Waals surface area contributed by atoms with Gasteiger partial charge in [-0.1, -0.05) is 25.6 Å². The molecular formula is C23H38N7O17P3S. The summed E-state index contributed by atoms with van der Waals surface area (Å²) in [4.78, 5) is 85.9. The summed E-state index contributed by atoms with van der Waals surface area (Å²) in [5.41, 5.74) is 4.26. The van der Waals surface area contributed by atoms with E-state index >= 15 is 0 Å². The molecule has 2 amide bonds. The smallest absolute Gasteiger partial charge is 0.386 e. The average molecular weight is 814 g/mol. The van der Waals surface area contributed by atoms with E-state index in [1.807, 2.05) is 0 Å². The van der Waals surface area contributed by atoms with Crippen LogP contribution in [0, 0.1) is 5.41 Å². The number of ether oxygens (including phenoxy) is 1. The summed E-state index contributed by atoms with van der Waals surface area (Å²) in [7, 11) is -16.4. The Hall–Kier alpha value is -2.44. The number of anilines is 1. The molecule has 0 spiro atoms. The second-order valence-electron chi connectivity index (χ2n) is 11.4. The normalized spacial score (nSPS) is 22.6. The minimum atomic E-state index is -5.56. The van der Waals surface area contributed by atoms with E-state index in [-0.39, 0.29) is 41.6 Å². The molecule has 7 atom stereocenters. The topological polar surface area (TPSA) is 364 Å². The van der Waals surface area contributed by atoms with E-state index in [1.165, 1.54) is 20.8 Å². The average Bonchev–Trinajstić information content (AvgIpc) is 3.57. The molecule has 288 valence electrons. The van der Waals surface area contributed by atoms with Crippen LogP contribution in [-0.4, -0.2) is 123 Å². The number of nitrogens with two attached hydrogens (primary N) is 1. The quantitative estimate of drug-likeness (QED) is 0.0587. The summed E-state index contributed by atoms with van der Waals surface area (Å²) in [6.07, 6.45) is -6.88. The van der Waals surface area contributed by atoms with Crippen molar-refractivity contribution in [3.8, 4) is 0 Å². The van der Waals surface area contributed by atoms with Crippen molar-refractivity contribution >= 4 is 69.1 Å². The van der Waals surface area contributed by atoms with Crippen molar-refractivity contribution in [1.29, 1.82) is 0 Å². The lowest BCUT2D eigenvalue weighted by molar-refractivity contribution is -0.137. The van der Waals surface area contributed by atoms with E-state index in [0.29, 0.717) is 5.75 Å². The molecule has 2 aromatic rings. The number of phosphoric acid groups is 3. The fraction of sp³-hybridized carbons (Fsp3) is 0.652. The summed E-state index contributed by atoms with van der Waals surface area (Å²) >= 11 is 1.03. The van der Waals surface area contributed by atoms with Gasteiger partial charge in [-0.25, -0.2) is 28.6 Å². The van der Waals surface area contributed by atoms with E-state index in [9.17, 15) is 57.9 Å². The third-order valence-electron chi connectivity index (χ3n) is 6.81. The van der Waals surface area contributed by atoms with Crippen LogP contribution in [0.25, 0.3) is 11.2 Å². The number of hydrogen-bond donors (Lipinski definition) is 9. The lowest BCUT2D eigenvalue weighted by atomic mass is 9.87. The van der Waals surface area contributed by atoms with E-state index in [4.69, 9.17) is 19.5 Å². The van der Waals surface area contributed by atoms with Gasteiger partial charge in [0.1, 0.15) is 36.3 Å². The van der Waals surface area contributed by atoms with E-state index < -0.39 is 84.6 Å². The molecule has 0 aliphatic carbocycles. The fourth-order valence-corrected chi connectivity index (χ4v) is 7.65. The highest BCUT2D eigenvalue weighted by atomic mass is 32.2. The number of aliphatic hydroxyl groups excluding tert-OH is 2. The minimum Gasteiger partial charge on any atom is -0.386 e. The first-order valence-corrected chi connectivity index (χ1v) is 20.0. The number of nitrogens with zero attached hydrogens (tertiary/aromatic N) is 4. The number of carbonyl (C=O) groups excluding carboxylic acids is 3. The van der Waals surface area contributed by atoms with Crippen LogP contribution >= 0.6 is 35.2 Å². The number of phosphoric ester groups is 3. The van der Waals surface area contributed by atoms with Gasteiger partial charge in [0, 0.05) is 37.6 Å². The number of amides is 2. The molecule has 2 aromatic heterocycles. The first-order chi connectivity index (χ1) is 23.5. The second kappa shape index (κ2) is 17.6. The van der Waals surface area contributed by atoms with Crippen molar-refractivity contribution in [2.24, 2.45) is 5.41 Å². The van der Waals surface area contributed by atoms with Crippen molar-refractivity contribution in [3.05, 3.63) is 12.7 Å². The predicted molar refractivity (Wildman–Crippen MR) is 173 cm³/mol. The molecule has 0 aromatic carbocycles. The van der Waals surface area contributed by atoms with Gasteiger partial charge in [0.25, 0.3) is 0 Å². The zero-order valence-electron chi connectivity index (χ0n) is 27.1. The van der Waals surface area contributed by atoms with Crippen LogP contribution in [0.5, 0.6) is 0 Å². The number of rotatable bonds is 19. The van der Waals surface area contributed by atoms with E-state index in [0.717, 1.165) is 29.0 Å². The molecule has 0 bridgehead atoms. The number of fused-ring (bicyclic) bond motifs is 1. The van der Waals surface area contributed by atoms with Gasteiger partial charge in [-0.2, -0.15) is 4.31 Å². The Kier molecular flexibility index (Phi) is 14.8. The number of thioether (sulfide) groups is 1. The van der Waals surface area contributed by atoms with Gasteiger partial charge >= 0.3 is 23.5 Å². The van der Waals surface area contributed by atoms with Gasteiger partial charge in [0.2, 0.25) is 11.8 Å². The van der Waals surface area contributed by atoms with Gasteiger partial charge < -0.3 is 50.9 Å². The first kappa shape index (κ1) is 43.0. The van der Waals surface area contributed by atoms with Gasteiger partial charge in [0.05, 0.1) is 19.5 Å². The molecule has 0 radical (unpaired) electrons. The number of aromatic nitrogens is 4. The highest BCUT2D eigenvalue weighted by Gasteiger charge is 2.50. The largest absolute Gasteiger partial charge is 0.481 e. The maximum atomic E-state index is 12.6. The lowest BCUT2D eigenvalue weighted by Crippen LogP contribution is -2.46. The summed E-state index contributed by atoms with van der Waals surface area (Å²) < 4.78 is 61.8. The van der Waals surface area contributed by atoms with Gasteiger partial charge in [0.15, 0.2) is 22.8 Å². The highest BCUT2D eigenvalue weighted by Crippen LogP contribution is 2.61. The number of nitrogens with one attached hydrogen (secondary N) is 2. The van der Waals surface area contributed by atoms with Gasteiger partial charge in [-0.15, -0.1) is 0 Å². The van der Waals surface area contributed by atoms with Crippen LogP contribution in [0.3, 0.4) is 0 Å². The van der Waals surface area contributed by atoms with Crippen LogP contribution in [0.2, 0.25) is 0 Å². The van der Waals surface area contributed by atoms with Crippen LogP contribution < -0.4 is 16.4 Å². The standard InChI is InChI=1S/C23H38N7O17P3S/c1-12(31)51-7-6-25-14(32)4-5-26-21(35)18(34)23(2,3)9-44-50(41,42)47-49(39,40)43-8-13-17(46-48(36,37)38)16(33)22(45-13)30-11-29-15-19(24)27-10-28-20(15)30/h10-11,13,16-18,22,33-34H,4-9H2,1-3H3,(H,25,32)(H,26,35)(H,39,40)(H,41,42)(H2,24,27,28)(H2,36,37,38)/t13-,16-,17-,18-,22-/m1/s1/i1+2,12+2. The molecule has 28 heteroatoms. The Labute approximate surface area is 293 Å². The Morgan fingerprint density at radius 1 is 1.14 bits per heavy atom. The second-order valence-corrected chi connectivity index (χ2v) is 16.9. The zero-order valence-corrected chi connectivity index (χ0v) is 30.6. The number of carbonyl (C=O) groups is 3. The van der Waals surface area contributed by atoms with E-state index in [1.54, 1.807) is 0 Å². The van der Waals surface area contributed by atoms with Crippen molar-refractivity contribution < 1.29 is 80.5 Å². The van der Waals surface area contributed by atoms with Crippen molar-refractivity contribution in [3.63, 3.8) is 0 Å². The summed E-state index contributed by atoms with van der Waals surface area (Å²) in [6, 6.07) is 0. The van der Waals surface area contributed by atoms with Crippen LogP contribution in [0.1, 0.15) is 33.4 Å². The number of nitrogen functional groups attached to an aromatic ring is 1. The van der Waals surface area contributed by atoms with Crippen molar-refractivity contribution in [1.82, 2.24) is 30.2 Å². The molecular weight excluding hydrogens is 775 g/mol. The monoisotopic (exact) mass is 813 g/mol. The third-order valence-corrected chi connectivity index (χ3v) is 10.7. The molecule has 3 rings (SSSR count). The molecule has 10 N–H and O–H groups in total. The molecule has 0 saturated carbocycles. The highest BCUT2D eigenvalue weighted by molar-refractivity contribution is 8.13. The Balaban J connectivity index is 1.55. The molecule has 51 heavy (non-hydrogen) atoms. The van der Waals surface area contributed by atoms with E-state index in [2.05, 4.69) is 34.4 Å². The molecule has 1 aliphatic rings. The number of aliphatic hydroxyl groups is 2. The summed E-state index contributed by atoms with van der Waals surface area (Å²) in [5, 5.41) is 26.1. The maximum absolute atomic E-state index is 12.6. The van der Waals surface area contributed by atoms with Crippen LogP contribution in [0.15, 0.2) is 12.7 Å². The Morgan fingerprint density at radius 2 is 1.80 bits per heavy atom. The van der Waals surface area contributed by atoms with Crippen molar-refractivity contribution in [2.45, 2.75) is 57.8 Å². The zero-order chi connectivity index (χ0) is 38.4. The number of hydrogen-bond acceptors (Lipinski definition) is 18. The minimum absolute atomic E-state index is 0.0310. The van der Waals surface area contributed by atoms with Crippen molar-refractivity contribution in [2.75, 3.05) is 37.8 Å². The fourth-order valence-electron chi connectivity index (χ4n) is 4.32. The third kappa shape index (κ3) is 12.9. The van der Waals surface area contributed by atoms with Gasteiger partial charge in [-0.05, 0) is 0 Å². The Bertz CT molecular complexity index is 1710. The lowest BCUT2D eigenvalue weighted by Gasteiger charge is -2.30. The van der Waals surface area contributed by atoms with Gasteiger partial charge in [-0.3, -0.25) is 32.5 Å². The molecule has 1 saturated heterocycles. The molecule has 1 aliphatic heterocycles.